The zero-order chi connectivity index (χ0) is 14.1. The van der Waals surface area contributed by atoms with Crippen molar-refractivity contribution < 1.29 is 4.39 Å². The van der Waals surface area contributed by atoms with Crippen molar-refractivity contribution in [1.82, 2.24) is 5.43 Å². The van der Waals surface area contributed by atoms with Crippen molar-refractivity contribution in [1.29, 1.82) is 0 Å². The van der Waals surface area contributed by atoms with Crippen LogP contribution in [0.15, 0.2) is 46.9 Å². The van der Waals surface area contributed by atoms with E-state index >= 15 is 0 Å². The van der Waals surface area contributed by atoms with E-state index in [1.54, 1.807) is 6.07 Å². The molecule has 2 atom stereocenters. The second kappa shape index (κ2) is 5.64. The third-order valence-corrected chi connectivity index (χ3v) is 4.88. The molecule has 104 valence electrons. The van der Waals surface area contributed by atoms with E-state index in [-0.39, 0.29) is 11.9 Å². The van der Waals surface area contributed by atoms with Gasteiger partial charge in [0.15, 0.2) is 0 Å². The van der Waals surface area contributed by atoms with Gasteiger partial charge in [-0.05, 0) is 57.4 Å². The van der Waals surface area contributed by atoms with Crippen molar-refractivity contribution in [3.8, 4) is 0 Å². The summed E-state index contributed by atoms with van der Waals surface area (Å²) in [6, 6.07) is 13.5. The second-order valence-corrected chi connectivity index (χ2v) is 5.99. The SMILES string of the molecule is NNC(CC1Cc2ccccc21)c1cccc(F)c1Br. The van der Waals surface area contributed by atoms with Gasteiger partial charge in [-0.1, -0.05) is 36.4 Å². The molecule has 0 fully saturated rings. The summed E-state index contributed by atoms with van der Waals surface area (Å²) < 4.78 is 14.1. The number of halogens is 2. The van der Waals surface area contributed by atoms with Gasteiger partial charge in [0, 0.05) is 6.04 Å². The van der Waals surface area contributed by atoms with E-state index in [1.165, 1.54) is 17.2 Å². The molecule has 2 unspecified atom stereocenters. The van der Waals surface area contributed by atoms with Crippen molar-refractivity contribution in [2.75, 3.05) is 0 Å². The highest BCUT2D eigenvalue weighted by atomic mass is 79.9. The quantitative estimate of drug-likeness (QED) is 0.658. The Morgan fingerprint density at radius 3 is 2.80 bits per heavy atom. The fourth-order valence-electron chi connectivity index (χ4n) is 2.93. The molecule has 2 aromatic rings. The van der Waals surface area contributed by atoms with E-state index in [1.807, 2.05) is 6.07 Å². The Morgan fingerprint density at radius 1 is 1.25 bits per heavy atom. The molecule has 0 bridgehead atoms. The largest absolute Gasteiger partial charge is 0.271 e. The molecule has 0 heterocycles. The number of rotatable bonds is 4. The maximum atomic E-state index is 13.6. The molecule has 1 aliphatic carbocycles. The number of benzene rings is 2. The van der Waals surface area contributed by atoms with Crippen LogP contribution in [0.4, 0.5) is 4.39 Å². The molecule has 0 saturated carbocycles. The molecule has 20 heavy (non-hydrogen) atoms. The Labute approximate surface area is 126 Å². The van der Waals surface area contributed by atoms with Crippen molar-refractivity contribution in [2.24, 2.45) is 5.84 Å². The second-order valence-electron chi connectivity index (χ2n) is 5.20. The minimum absolute atomic E-state index is 0.0570. The van der Waals surface area contributed by atoms with Crippen molar-refractivity contribution in [3.05, 3.63) is 69.4 Å². The Balaban J connectivity index is 1.81. The number of fused-ring (bicyclic) bond motifs is 1. The lowest BCUT2D eigenvalue weighted by Gasteiger charge is -2.33. The van der Waals surface area contributed by atoms with E-state index in [0.29, 0.717) is 10.4 Å². The molecule has 0 saturated heterocycles. The van der Waals surface area contributed by atoms with Gasteiger partial charge in [-0.2, -0.15) is 0 Å². The number of hydrogen-bond acceptors (Lipinski definition) is 2. The Bertz CT molecular complexity index is 630. The highest BCUT2D eigenvalue weighted by Crippen LogP contribution is 2.41. The van der Waals surface area contributed by atoms with Gasteiger partial charge in [0.25, 0.3) is 0 Å². The van der Waals surface area contributed by atoms with Crippen molar-refractivity contribution in [2.45, 2.75) is 24.8 Å². The summed E-state index contributed by atoms with van der Waals surface area (Å²) in [6.07, 6.45) is 1.94. The van der Waals surface area contributed by atoms with Crippen LogP contribution in [0.25, 0.3) is 0 Å². The first-order valence-electron chi connectivity index (χ1n) is 6.68. The van der Waals surface area contributed by atoms with Gasteiger partial charge in [-0.25, -0.2) is 4.39 Å². The van der Waals surface area contributed by atoms with Gasteiger partial charge in [0.05, 0.1) is 4.47 Å². The summed E-state index contributed by atoms with van der Waals surface area (Å²) in [6.45, 7) is 0. The molecule has 2 nitrogen and oxygen atoms in total. The third kappa shape index (κ3) is 2.39. The standard InChI is InChI=1S/C16H16BrFN2/c17-16-13(6-3-7-14(16)18)15(20-19)9-11-8-10-4-1-2-5-12(10)11/h1-7,11,15,20H,8-9,19H2. The average molecular weight is 335 g/mol. The molecule has 2 aromatic carbocycles. The van der Waals surface area contributed by atoms with Crippen LogP contribution in [-0.2, 0) is 6.42 Å². The van der Waals surface area contributed by atoms with Crippen LogP contribution in [0, 0.1) is 5.82 Å². The Hall–Kier alpha value is -1.23. The zero-order valence-electron chi connectivity index (χ0n) is 10.9. The van der Waals surface area contributed by atoms with Crippen molar-refractivity contribution in [3.63, 3.8) is 0 Å². The van der Waals surface area contributed by atoms with E-state index in [0.717, 1.165) is 18.4 Å². The van der Waals surface area contributed by atoms with Crippen LogP contribution in [0.1, 0.15) is 35.1 Å². The lowest BCUT2D eigenvalue weighted by Crippen LogP contribution is -2.32. The summed E-state index contributed by atoms with van der Waals surface area (Å²) in [5.74, 6) is 5.91. The lowest BCUT2D eigenvalue weighted by molar-refractivity contribution is 0.432. The van der Waals surface area contributed by atoms with Gasteiger partial charge >= 0.3 is 0 Å². The maximum Gasteiger partial charge on any atom is 0.137 e. The lowest BCUT2D eigenvalue weighted by atomic mass is 9.74. The summed E-state index contributed by atoms with van der Waals surface area (Å²) in [7, 11) is 0. The highest BCUT2D eigenvalue weighted by molar-refractivity contribution is 9.10. The molecule has 4 heteroatoms. The number of nitrogens with two attached hydrogens (primary N) is 1. The molecule has 0 amide bonds. The molecule has 0 aromatic heterocycles. The number of hydrogen-bond donors (Lipinski definition) is 2. The maximum absolute atomic E-state index is 13.6. The topological polar surface area (TPSA) is 38.0 Å². The molecular weight excluding hydrogens is 319 g/mol. The third-order valence-electron chi connectivity index (χ3n) is 4.04. The van der Waals surface area contributed by atoms with Gasteiger partial charge in [-0.15, -0.1) is 0 Å². The predicted molar refractivity (Wildman–Crippen MR) is 81.7 cm³/mol. The van der Waals surface area contributed by atoms with Crippen LogP contribution in [0.5, 0.6) is 0 Å². The number of hydrazine groups is 1. The van der Waals surface area contributed by atoms with E-state index in [4.69, 9.17) is 5.84 Å². The minimum Gasteiger partial charge on any atom is -0.271 e. The van der Waals surface area contributed by atoms with Crippen LogP contribution in [-0.4, -0.2) is 0 Å². The molecule has 0 spiro atoms. The Morgan fingerprint density at radius 2 is 2.05 bits per heavy atom. The van der Waals surface area contributed by atoms with Crippen LogP contribution in [0.2, 0.25) is 0 Å². The molecular formula is C16H16BrFN2. The zero-order valence-corrected chi connectivity index (χ0v) is 12.5. The Kier molecular flexibility index (Phi) is 3.87. The van der Waals surface area contributed by atoms with Gasteiger partial charge in [0.2, 0.25) is 0 Å². The smallest absolute Gasteiger partial charge is 0.137 e. The first-order chi connectivity index (χ1) is 9.70. The average Bonchev–Trinajstić information content (AvgIpc) is 2.44. The minimum atomic E-state index is -0.253. The summed E-state index contributed by atoms with van der Waals surface area (Å²) >= 11 is 3.31. The van der Waals surface area contributed by atoms with Gasteiger partial charge in [-0.3, -0.25) is 11.3 Å². The van der Waals surface area contributed by atoms with Gasteiger partial charge < -0.3 is 0 Å². The first kappa shape index (κ1) is 13.7. The van der Waals surface area contributed by atoms with E-state index in [9.17, 15) is 4.39 Å². The molecule has 3 rings (SSSR count). The normalized spacial score (nSPS) is 18.2. The molecule has 3 N–H and O–H groups in total. The first-order valence-corrected chi connectivity index (χ1v) is 7.48. The predicted octanol–water partition coefficient (Wildman–Crippen LogP) is 3.82. The molecule has 0 radical (unpaired) electrons. The molecule has 0 aliphatic heterocycles. The fraction of sp³-hybridized carbons (Fsp3) is 0.250. The van der Waals surface area contributed by atoms with Crippen LogP contribution < -0.4 is 11.3 Å². The summed E-state index contributed by atoms with van der Waals surface area (Å²) in [4.78, 5) is 0. The number of nitrogens with one attached hydrogen (secondary N) is 1. The molecule has 1 aliphatic rings. The van der Waals surface area contributed by atoms with E-state index < -0.39 is 0 Å². The monoisotopic (exact) mass is 334 g/mol. The van der Waals surface area contributed by atoms with Crippen molar-refractivity contribution >= 4 is 15.9 Å². The van der Waals surface area contributed by atoms with E-state index in [2.05, 4.69) is 45.6 Å². The van der Waals surface area contributed by atoms with Crippen LogP contribution in [0.3, 0.4) is 0 Å². The summed E-state index contributed by atoms with van der Waals surface area (Å²) in [5, 5.41) is 0. The van der Waals surface area contributed by atoms with Gasteiger partial charge in [0.1, 0.15) is 5.82 Å². The summed E-state index contributed by atoms with van der Waals surface area (Å²) in [5.41, 5.74) is 6.49. The fourth-order valence-corrected chi connectivity index (χ4v) is 3.47. The highest BCUT2D eigenvalue weighted by Gasteiger charge is 2.29. The van der Waals surface area contributed by atoms with Crippen LogP contribution >= 0.6 is 15.9 Å².